The van der Waals surface area contributed by atoms with Crippen molar-refractivity contribution in [3.63, 3.8) is 0 Å². The van der Waals surface area contributed by atoms with Crippen LogP contribution in [-0.4, -0.2) is 17.9 Å². The highest BCUT2D eigenvalue weighted by atomic mass is 16.6. The Morgan fingerprint density at radius 2 is 1.84 bits per heavy atom. The van der Waals surface area contributed by atoms with Gasteiger partial charge in [0.15, 0.2) is 5.78 Å². The second kappa shape index (κ2) is 3.71. The van der Waals surface area contributed by atoms with Crippen molar-refractivity contribution >= 4 is 11.8 Å². The van der Waals surface area contributed by atoms with E-state index in [0.29, 0.717) is 6.42 Å². The maximum atomic E-state index is 12.1. The van der Waals surface area contributed by atoms with Crippen molar-refractivity contribution in [2.75, 3.05) is 0 Å². The summed E-state index contributed by atoms with van der Waals surface area (Å²) >= 11 is 0. The second-order valence-corrected chi connectivity index (χ2v) is 7.22. The fourth-order valence-corrected chi connectivity index (χ4v) is 4.26. The lowest BCUT2D eigenvalue weighted by molar-refractivity contribution is -0.147. The molecule has 0 radical (unpaired) electrons. The first-order chi connectivity index (χ1) is 8.77. The molecule has 3 aliphatic rings. The van der Waals surface area contributed by atoms with Crippen LogP contribution in [0.15, 0.2) is 11.1 Å². The molecule has 3 heteroatoms. The summed E-state index contributed by atoms with van der Waals surface area (Å²) in [4.78, 5) is 24.1. The third kappa shape index (κ3) is 1.56. The number of ether oxygens (including phenoxy) is 1. The van der Waals surface area contributed by atoms with Gasteiger partial charge >= 0.3 is 5.97 Å². The minimum Gasteiger partial charge on any atom is -0.457 e. The molecule has 0 bridgehead atoms. The number of rotatable bonds is 0. The Bertz CT molecular complexity index is 500. The number of fused-ring (bicyclic) bond motifs is 3. The van der Waals surface area contributed by atoms with Gasteiger partial charge in [-0.3, -0.25) is 9.59 Å². The maximum Gasteiger partial charge on any atom is 0.312 e. The number of ketones is 1. The lowest BCUT2D eigenvalue weighted by atomic mass is 9.57. The normalized spacial score (nSPS) is 40.8. The zero-order valence-electron chi connectivity index (χ0n) is 12.2. The Hall–Kier alpha value is -1.12. The van der Waals surface area contributed by atoms with Gasteiger partial charge in [-0.05, 0) is 56.6 Å². The molecule has 1 heterocycles. The minimum atomic E-state index is -0.417. The van der Waals surface area contributed by atoms with E-state index in [1.54, 1.807) is 0 Å². The highest BCUT2D eigenvalue weighted by molar-refractivity contribution is 5.97. The molecule has 1 saturated carbocycles. The molecule has 0 aromatic rings. The first-order valence-electron chi connectivity index (χ1n) is 7.23. The SMILES string of the molecule is CC1=C2[C@@H]3OC(=O)C(C)(C)[C@@H]3CC[C@@]2(C)CCC1=O. The van der Waals surface area contributed by atoms with E-state index in [1.165, 1.54) is 0 Å². The number of esters is 1. The number of carbonyl (C=O) groups is 2. The molecule has 1 aliphatic heterocycles. The summed E-state index contributed by atoms with van der Waals surface area (Å²) in [7, 11) is 0. The van der Waals surface area contributed by atoms with Crippen LogP contribution in [0.5, 0.6) is 0 Å². The van der Waals surface area contributed by atoms with Crippen LogP contribution in [0, 0.1) is 16.7 Å². The molecule has 0 amide bonds. The van der Waals surface area contributed by atoms with Gasteiger partial charge < -0.3 is 4.74 Å². The fraction of sp³-hybridized carbons (Fsp3) is 0.750. The van der Waals surface area contributed by atoms with E-state index in [-0.39, 0.29) is 29.2 Å². The largest absolute Gasteiger partial charge is 0.457 e. The molecule has 3 nitrogen and oxygen atoms in total. The lowest BCUT2D eigenvalue weighted by Crippen LogP contribution is -2.43. The van der Waals surface area contributed by atoms with Gasteiger partial charge in [0.1, 0.15) is 6.10 Å². The number of carbonyl (C=O) groups excluding carboxylic acids is 2. The average molecular weight is 262 g/mol. The molecule has 19 heavy (non-hydrogen) atoms. The molecule has 2 aliphatic carbocycles. The quantitative estimate of drug-likeness (QED) is 0.630. The van der Waals surface area contributed by atoms with Crippen molar-refractivity contribution in [2.45, 2.75) is 59.5 Å². The van der Waals surface area contributed by atoms with Crippen LogP contribution in [0.2, 0.25) is 0 Å². The van der Waals surface area contributed by atoms with Gasteiger partial charge in [0.25, 0.3) is 0 Å². The summed E-state index contributed by atoms with van der Waals surface area (Å²) in [5, 5.41) is 0. The van der Waals surface area contributed by atoms with Crippen molar-refractivity contribution in [3.05, 3.63) is 11.1 Å². The third-order valence-electron chi connectivity index (χ3n) is 5.72. The van der Waals surface area contributed by atoms with Crippen molar-refractivity contribution < 1.29 is 14.3 Å². The van der Waals surface area contributed by atoms with Gasteiger partial charge in [0, 0.05) is 12.3 Å². The van der Waals surface area contributed by atoms with Gasteiger partial charge in [-0.2, -0.15) is 0 Å². The van der Waals surface area contributed by atoms with Crippen LogP contribution < -0.4 is 0 Å². The summed E-state index contributed by atoms with van der Waals surface area (Å²) in [5.41, 5.74) is 1.62. The number of allylic oxidation sites excluding steroid dienone is 1. The van der Waals surface area contributed by atoms with Crippen LogP contribution >= 0.6 is 0 Å². The first kappa shape index (κ1) is 12.9. The minimum absolute atomic E-state index is 0.0554. The zero-order valence-corrected chi connectivity index (χ0v) is 12.2. The van der Waals surface area contributed by atoms with Gasteiger partial charge in [0.2, 0.25) is 0 Å². The molecule has 104 valence electrons. The first-order valence-corrected chi connectivity index (χ1v) is 7.23. The van der Waals surface area contributed by atoms with Crippen molar-refractivity contribution in [1.29, 1.82) is 0 Å². The van der Waals surface area contributed by atoms with E-state index in [4.69, 9.17) is 4.74 Å². The Labute approximate surface area is 114 Å². The van der Waals surface area contributed by atoms with E-state index in [2.05, 4.69) is 6.92 Å². The monoisotopic (exact) mass is 262 g/mol. The van der Waals surface area contributed by atoms with Crippen molar-refractivity contribution in [2.24, 2.45) is 16.7 Å². The van der Waals surface area contributed by atoms with Gasteiger partial charge in [-0.25, -0.2) is 0 Å². The summed E-state index contributed by atoms with van der Waals surface area (Å²) in [6.45, 7) is 8.09. The predicted octanol–water partition coefficient (Wildman–Crippen LogP) is 3.03. The maximum absolute atomic E-state index is 12.1. The summed E-state index contributed by atoms with van der Waals surface area (Å²) in [6, 6.07) is 0. The van der Waals surface area contributed by atoms with Crippen LogP contribution in [0.25, 0.3) is 0 Å². The molecule has 0 aromatic heterocycles. The molecule has 3 rings (SSSR count). The molecule has 0 aromatic carbocycles. The van der Waals surface area contributed by atoms with E-state index >= 15 is 0 Å². The van der Waals surface area contributed by atoms with Crippen LogP contribution in [0.3, 0.4) is 0 Å². The molecular formula is C16H22O3. The van der Waals surface area contributed by atoms with Crippen molar-refractivity contribution in [3.8, 4) is 0 Å². The predicted molar refractivity (Wildman–Crippen MR) is 71.4 cm³/mol. The lowest BCUT2D eigenvalue weighted by Gasteiger charge is -2.46. The topological polar surface area (TPSA) is 43.4 Å². The van der Waals surface area contributed by atoms with Gasteiger partial charge in [-0.15, -0.1) is 0 Å². The zero-order chi connectivity index (χ0) is 14.0. The molecule has 0 spiro atoms. The third-order valence-corrected chi connectivity index (χ3v) is 5.72. The fourth-order valence-electron chi connectivity index (χ4n) is 4.26. The van der Waals surface area contributed by atoms with Crippen LogP contribution in [0.4, 0.5) is 0 Å². The molecular weight excluding hydrogens is 240 g/mol. The van der Waals surface area contributed by atoms with E-state index < -0.39 is 5.41 Å². The number of hydrogen-bond donors (Lipinski definition) is 0. The highest BCUT2D eigenvalue weighted by Crippen LogP contribution is 2.57. The van der Waals surface area contributed by atoms with Crippen molar-refractivity contribution in [1.82, 2.24) is 0 Å². The van der Waals surface area contributed by atoms with Gasteiger partial charge in [-0.1, -0.05) is 6.92 Å². The van der Waals surface area contributed by atoms with E-state index in [0.717, 1.165) is 30.4 Å². The van der Waals surface area contributed by atoms with Gasteiger partial charge in [0.05, 0.1) is 5.41 Å². The Kier molecular flexibility index (Phi) is 2.52. The molecule has 2 fully saturated rings. The highest BCUT2D eigenvalue weighted by Gasteiger charge is 2.58. The Morgan fingerprint density at radius 3 is 2.53 bits per heavy atom. The number of Topliss-reactive ketones (excluding diaryl/α,β-unsaturated/α-hetero) is 1. The second-order valence-electron chi connectivity index (χ2n) is 7.22. The van der Waals surface area contributed by atoms with Crippen LogP contribution in [0.1, 0.15) is 53.4 Å². The molecule has 3 atom stereocenters. The summed E-state index contributed by atoms with van der Waals surface area (Å²) in [6.07, 6.45) is 3.46. The van der Waals surface area contributed by atoms with Crippen LogP contribution in [-0.2, 0) is 14.3 Å². The molecule has 0 unspecified atom stereocenters. The molecule has 1 saturated heterocycles. The Morgan fingerprint density at radius 1 is 1.16 bits per heavy atom. The average Bonchev–Trinajstić information content (AvgIpc) is 2.55. The number of hydrogen-bond acceptors (Lipinski definition) is 3. The standard InChI is InChI=1S/C16H22O3/c1-9-11(17)6-8-16(4)7-5-10-13(12(9)16)19-14(18)15(10,2)3/h10,13H,5-8H2,1-4H3/t10-,13-,16+/m1/s1. The Balaban J connectivity index is 2.11. The van der Waals surface area contributed by atoms with E-state index in [1.807, 2.05) is 20.8 Å². The summed E-state index contributed by atoms with van der Waals surface area (Å²) in [5.74, 6) is 0.350. The van der Waals surface area contributed by atoms with E-state index in [9.17, 15) is 9.59 Å². The molecule has 0 N–H and O–H groups in total. The smallest absolute Gasteiger partial charge is 0.312 e. The summed E-state index contributed by atoms with van der Waals surface area (Å²) < 4.78 is 5.68.